The van der Waals surface area contributed by atoms with Crippen molar-refractivity contribution < 1.29 is 9.35 Å². The molecule has 0 aliphatic carbocycles. The minimum absolute atomic E-state index is 0.0542. The van der Waals surface area contributed by atoms with Crippen LogP contribution in [0.15, 0.2) is 29.2 Å². The summed E-state index contributed by atoms with van der Waals surface area (Å²) in [6.45, 7) is 0. The molecule has 2 N–H and O–H groups in total. The van der Waals surface area contributed by atoms with Gasteiger partial charge in [-0.25, -0.2) is 0 Å². The average molecular weight is 330 g/mol. The largest absolute Gasteiger partial charge is 0.326 e. The number of benzene rings is 1. The maximum atomic E-state index is 11.8. The molecule has 110 valence electrons. The van der Waals surface area contributed by atoms with E-state index in [0.717, 1.165) is 28.7 Å². The van der Waals surface area contributed by atoms with E-state index in [-0.39, 0.29) is 5.91 Å². The highest BCUT2D eigenvalue weighted by Gasteiger charge is 2.15. The topological polar surface area (TPSA) is 49.3 Å². The van der Waals surface area contributed by atoms with Gasteiger partial charge in [0, 0.05) is 40.0 Å². The van der Waals surface area contributed by atoms with Crippen LogP contribution in [0.1, 0.15) is 32.1 Å². The summed E-state index contributed by atoms with van der Waals surface area (Å²) in [5.41, 5.74) is 0.747. The minimum Gasteiger partial charge on any atom is -0.326 e. The number of carbonyl (C=O) groups is 1. The van der Waals surface area contributed by atoms with Crippen LogP contribution in [0.5, 0.6) is 0 Å². The van der Waals surface area contributed by atoms with Crippen molar-refractivity contribution in [2.75, 3.05) is 11.1 Å². The summed E-state index contributed by atoms with van der Waals surface area (Å²) in [5.74, 6) is 1.33. The molecule has 0 saturated carbocycles. The van der Waals surface area contributed by atoms with Gasteiger partial charge in [0.1, 0.15) is 0 Å². The summed E-state index contributed by atoms with van der Waals surface area (Å²) in [6, 6.07) is 7.24. The molecule has 0 radical (unpaired) electrons. The molecule has 0 aromatic heterocycles. The van der Waals surface area contributed by atoms with Crippen molar-refractivity contribution in [1.29, 1.82) is 0 Å². The number of carbonyl (C=O) groups excluding carboxylic acids is 1. The van der Waals surface area contributed by atoms with Gasteiger partial charge >= 0.3 is 0 Å². The van der Waals surface area contributed by atoms with E-state index >= 15 is 0 Å². The van der Waals surface area contributed by atoms with Crippen molar-refractivity contribution in [3.63, 3.8) is 0 Å². The van der Waals surface area contributed by atoms with E-state index in [4.69, 9.17) is 4.55 Å². The average Bonchev–Trinajstić information content (AvgIpc) is 2.97. The van der Waals surface area contributed by atoms with Crippen LogP contribution in [0.25, 0.3) is 0 Å². The predicted molar refractivity (Wildman–Crippen MR) is 90.5 cm³/mol. The Kier molecular flexibility index (Phi) is 7.13. The first-order chi connectivity index (χ1) is 9.78. The van der Waals surface area contributed by atoms with Gasteiger partial charge in [0.05, 0.1) is 0 Å². The quantitative estimate of drug-likeness (QED) is 0.423. The van der Waals surface area contributed by atoms with Crippen LogP contribution < -0.4 is 5.32 Å². The maximum Gasteiger partial charge on any atom is 0.224 e. The smallest absolute Gasteiger partial charge is 0.224 e. The monoisotopic (exact) mass is 329 g/mol. The van der Waals surface area contributed by atoms with E-state index in [1.165, 1.54) is 18.6 Å². The number of unbranched alkanes of at least 4 members (excludes halogenated alkanes) is 1. The first-order valence-corrected chi connectivity index (χ1v) is 9.93. The third-order valence-electron chi connectivity index (χ3n) is 3.13. The highest BCUT2D eigenvalue weighted by Crippen LogP contribution is 2.39. The van der Waals surface area contributed by atoms with Gasteiger partial charge in [-0.1, -0.05) is 34.1 Å². The molecule has 1 saturated heterocycles. The Labute approximate surface area is 132 Å². The lowest BCUT2D eigenvalue weighted by Gasteiger charge is -2.08. The molecule has 1 amide bonds. The van der Waals surface area contributed by atoms with Crippen LogP contribution in [0.4, 0.5) is 5.69 Å². The Morgan fingerprint density at radius 2 is 2.35 bits per heavy atom. The zero-order valence-electron chi connectivity index (χ0n) is 11.2. The van der Waals surface area contributed by atoms with Crippen molar-refractivity contribution in [2.24, 2.45) is 0 Å². The van der Waals surface area contributed by atoms with Gasteiger partial charge in [0.25, 0.3) is 0 Å². The minimum atomic E-state index is 0.0542. The van der Waals surface area contributed by atoms with E-state index in [1.54, 1.807) is 12.1 Å². The van der Waals surface area contributed by atoms with Gasteiger partial charge < -0.3 is 9.87 Å². The third kappa shape index (κ3) is 5.60. The van der Waals surface area contributed by atoms with Crippen molar-refractivity contribution in [1.82, 2.24) is 0 Å². The molecule has 1 fully saturated rings. The van der Waals surface area contributed by atoms with E-state index in [9.17, 15) is 4.79 Å². The molecular weight excluding hydrogens is 310 g/mol. The second-order valence-corrected chi connectivity index (χ2v) is 8.18. The summed E-state index contributed by atoms with van der Waals surface area (Å²) in [4.78, 5) is 12.6. The second-order valence-electron chi connectivity index (χ2n) is 4.74. The fraction of sp³-hybridized carbons (Fsp3) is 0.500. The van der Waals surface area contributed by atoms with Crippen LogP contribution in [0.2, 0.25) is 0 Å². The molecule has 0 bridgehead atoms. The molecule has 1 aromatic carbocycles. The number of amides is 1. The van der Waals surface area contributed by atoms with E-state index in [1.807, 2.05) is 33.7 Å². The van der Waals surface area contributed by atoms with Crippen molar-refractivity contribution in [2.45, 2.75) is 42.2 Å². The fourth-order valence-electron chi connectivity index (χ4n) is 2.08. The third-order valence-corrected chi connectivity index (χ3v) is 6.60. The Hall–Kier alpha value is -0.300. The van der Waals surface area contributed by atoms with Gasteiger partial charge in [-0.15, -0.1) is 0 Å². The van der Waals surface area contributed by atoms with Gasteiger partial charge in [-0.05, 0) is 37.5 Å². The molecule has 0 unspecified atom stereocenters. The van der Waals surface area contributed by atoms with Crippen molar-refractivity contribution in [3.8, 4) is 0 Å². The van der Waals surface area contributed by atoms with Gasteiger partial charge in [0.15, 0.2) is 0 Å². The summed E-state index contributed by atoms with van der Waals surface area (Å²) >= 11 is 0.690. The first kappa shape index (κ1) is 16.1. The number of nitrogens with one attached hydrogen (secondary N) is 1. The number of hydrogen-bond acceptors (Lipinski definition) is 5. The van der Waals surface area contributed by atoms with Crippen molar-refractivity contribution in [3.05, 3.63) is 24.3 Å². The second kappa shape index (κ2) is 8.87. The Morgan fingerprint density at radius 1 is 1.45 bits per heavy atom. The molecule has 1 heterocycles. The molecule has 6 heteroatoms. The van der Waals surface area contributed by atoms with Crippen LogP contribution in [0.3, 0.4) is 0 Å². The molecule has 1 aliphatic rings. The van der Waals surface area contributed by atoms with E-state index < -0.39 is 0 Å². The predicted octanol–water partition coefficient (Wildman–Crippen LogP) is 4.90. The first-order valence-electron chi connectivity index (χ1n) is 6.77. The van der Waals surface area contributed by atoms with E-state index in [0.29, 0.717) is 18.5 Å². The van der Waals surface area contributed by atoms with Gasteiger partial charge in [0.2, 0.25) is 5.91 Å². The molecule has 3 nitrogen and oxygen atoms in total. The highest BCUT2D eigenvalue weighted by molar-refractivity contribution is 8.77. The Bertz CT molecular complexity index is 436. The lowest BCUT2D eigenvalue weighted by Crippen LogP contribution is -2.11. The van der Waals surface area contributed by atoms with Crippen LogP contribution >= 0.6 is 33.6 Å². The molecule has 20 heavy (non-hydrogen) atoms. The molecule has 2 rings (SSSR count). The number of rotatable bonds is 7. The summed E-state index contributed by atoms with van der Waals surface area (Å²) in [6.07, 6.45) is 5.18. The van der Waals surface area contributed by atoms with Crippen LogP contribution in [-0.2, 0) is 4.79 Å². The SMILES string of the molecule is O=C(CCCC[C@@H]1CCSS1)Nc1cccc(SO)c1. The molecule has 0 spiro atoms. The number of anilines is 1. The molecule has 1 atom stereocenters. The zero-order chi connectivity index (χ0) is 14.2. The molecule has 1 aliphatic heterocycles. The molecule has 1 aromatic rings. The zero-order valence-corrected chi connectivity index (χ0v) is 13.7. The van der Waals surface area contributed by atoms with Gasteiger partial charge in [-0.3, -0.25) is 4.79 Å². The standard InChI is InChI=1S/C14H19NO2S3/c16-14(7-2-1-5-12-8-9-18-20-12)15-11-4-3-6-13(10-11)19-17/h3-4,6,10,12,17H,1-2,5,7-9H2,(H,15,16)/t12-/m1/s1. The van der Waals surface area contributed by atoms with Crippen LogP contribution in [-0.4, -0.2) is 21.5 Å². The number of hydrogen-bond donors (Lipinski definition) is 2. The summed E-state index contributed by atoms with van der Waals surface area (Å²) in [5, 5.41) is 3.67. The highest BCUT2D eigenvalue weighted by atomic mass is 33.1. The normalized spacial score (nSPS) is 18.1. The summed E-state index contributed by atoms with van der Waals surface area (Å²) in [7, 11) is 3.96. The van der Waals surface area contributed by atoms with Gasteiger partial charge in [-0.2, -0.15) is 0 Å². The summed E-state index contributed by atoms with van der Waals surface area (Å²) < 4.78 is 8.97. The van der Waals surface area contributed by atoms with Crippen molar-refractivity contribution >= 4 is 45.2 Å². The molecular formula is C14H19NO2S3. The van der Waals surface area contributed by atoms with Crippen LogP contribution in [0, 0.1) is 0 Å². The lowest BCUT2D eigenvalue weighted by atomic mass is 10.1. The maximum absolute atomic E-state index is 11.8. The Morgan fingerprint density at radius 3 is 3.10 bits per heavy atom. The fourth-order valence-corrected chi connectivity index (χ4v) is 5.42. The van der Waals surface area contributed by atoms with E-state index in [2.05, 4.69) is 5.32 Å². The lowest BCUT2D eigenvalue weighted by molar-refractivity contribution is -0.116. The Balaban J connectivity index is 1.64.